The Kier molecular flexibility index (Phi) is 10.1. The minimum atomic E-state index is 0.597. The molecule has 2 atom stereocenters. The van der Waals surface area contributed by atoms with Crippen molar-refractivity contribution in [2.45, 2.75) is 92.9 Å². The van der Waals surface area contributed by atoms with Crippen LogP contribution in [0.25, 0.3) is 21.5 Å². The van der Waals surface area contributed by atoms with E-state index in [2.05, 4.69) is 77.9 Å². The Morgan fingerprint density at radius 3 is 1.38 bits per heavy atom. The Morgan fingerprint density at radius 2 is 1.03 bits per heavy atom. The first-order chi connectivity index (χ1) is 16.5. The van der Waals surface area contributed by atoms with Crippen LogP contribution in [-0.2, 0) is 0 Å². The van der Waals surface area contributed by atoms with Gasteiger partial charge in [-0.15, -0.1) is 0 Å². The van der Waals surface area contributed by atoms with Gasteiger partial charge in [0.05, 0.1) is 13.2 Å². The van der Waals surface area contributed by atoms with Gasteiger partial charge in [0.25, 0.3) is 0 Å². The molecule has 0 saturated carbocycles. The average Bonchev–Trinajstić information content (AvgIpc) is 2.85. The number of rotatable bonds is 14. The summed E-state index contributed by atoms with van der Waals surface area (Å²) in [5.74, 6) is 3.24. The SMILES string of the molecule is CCCCC(CC)COc1c2ccccc2c(OCC(CC)CCCC)c2cc(C)c(C)cc12. The summed E-state index contributed by atoms with van der Waals surface area (Å²) in [5.41, 5.74) is 2.59. The zero-order valence-electron chi connectivity index (χ0n) is 22.5. The van der Waals surface area contributed by atoms with E-state index in [0.29, 0.717) is 11.8 Å². The van der Waals surface area contributed by atoms with Gasteiger partial charge in [-0.2, -0.15) is 0 Å². The van der Waals surface area contributed by atoms with Crippen molar-refractivity contribution in [3.05, 3.63) is 47.5 Å². The van der Waals surface area contributed by atoms with Crippen LogP contribution in [-0.4, -0.2) is 13.2 Å². The molecular weight excluding hydrogens is 416 g/mol. The molecule has 0 aliphatic rings. The van der Waals surface area contributed by atoms with Crippen LogP contribution in [0, 0.1) is 25.7 Å². The number of hydrogen-bond acceptors (Lipinski definition) is 2. The van der Waals surface area contributed by atoms with E-state index < -0.39 is 0 Å². The Morgan fingerprint density at radius 1 is 0.618 bits per heavy atom. The van der Waals surface area contributed by atoms with Crippen molar-refractivity contribution in [3.8, 4) is 11.5 Å². The maximum absolute atomic E-state index is 6.68. The van der Waals surface area contributed by atoms with E-state index in [9.17, 15) is 0 Å². The highest BCUT2D eigenvalue weighted by Gasteiger charge is 2.19. The van der Waals surface area contributed by atoms with Crippen molar-refractivity contribution in [3.63, 3.8) is 0 Å². The fourth-order valence-corrected chi connectivity index (χ4v) is 4.87. The maximum Gasteiger partial charge on any atom is 0.135 e. The molecule has 3 rings (SSSR count). The molecule has 3 aromatic carbocycles. The summed E-state index contributed by atoms with van der Waals surface area (Å²) < 4.78 is 13.4. The van der Waals surface area contributed by atoms with E-state index in [-0.39, 0.29) is 0 Å². The number of unbranched alkanes of at least 4 members (excludes halogenated alkanes) is 2. The van der Waals surface area contributed by atoms with Gasteiger partial charge in [-0.05, 0) is 61.8 Å². The van der Waals surface area contributed by atoms with Crippen LogP contribution < -0.4 is 9.47 Å². The Balaban J connectivity index is 2.07. The van der Waals surface area contributed by atoms with Crippen molar-refractivity contribution in [1.29, 1.82) is 0 Å². The number of benzene rings is 3. The van der Waals surface area contributed by atoms with Gasteiger partial charge in [-0.1, -0.05) is 90.5 Å². The van der Waals surface area contributed by atoms with Gasteiger partial charge in [0.2, 0.25) is 0 Å². The average molecular weight is 463 g/mol. The van der Waals surface area contributed by atoms with Gasteiger partial charge < -0.3 is 9.47 Å². The predicted octanol–water partition coefficient (Wildman–Crippen LogP) is 9.80. The summed E-state index contributed by atoms with van der Waals surface area (Å²) in [4.78, 5) is 0. The molecule has 0 aromatic heterocycles. The second kappa shape index (κ2) is 13.0. The summed E-state index contributed by atoms with van der Waals surface area (Å²) in [5, 5.41) is 4.70. The van der Waals surface area contributed by atoms with Crippen LogP contribution in [0.3, 0.4) is 0 Å². The van der Waals surface area contributed by atoms with E-state index in [1.807, 2.05) is 0 Å². The van der Waals surface area contributed by atoms with E-state index in [1.54, 1.807) is 0 Å². The number of ether oxygens (including phenoxy) is 2. The fraction of sp³-hybridized carbons (Fsp3) is 0.562. The zero-order chi connectivity index (χ0) is 24.5. The van der Waals surface area contributed by atoms with Crippen molar-refractivity contribution in [2.75, 3.05) is 13.2 Å². The van der Waals surface area contributed by atoms with Gasteiger partial charge in [-0.25, -0.2) is 0 Å². The largest absolute Gasteiger partial charge is 0.492 e. The summed E-state index contributed by atoms with van der Waals surface area (Å²) in [6.07, 6.45) is 9.80. The third-order valence-corrected chi connectivity index (χ3v) is 7.55. The summed E-state index contributed by atoms with van der Waals surface area (Å²) >= 11 is 0. The van der Waals surface area contributed by atoms with Crippen LogP contribution in [0.5, 0.6) is 11.5 Å². The minimum absolute atomic E-state index is 0.597. The molecule has 0 heterocycles. The molecule has 0 radical (unpaired) electrons. The second-order valence-corrected chi connectivity index (χ2v) is 10.1. The topological polar surface area (TPSA) is 18.5 Å². The van der Waals surface area contributed by atoms with Gasteiger partial charge in [0.1, 0.15) is 11.5 Å². The van der Waals surface area contributed by atoms with Crippen molar-refractivity contribution in [1.82, 2.24) is 0 Å². The summed E-state index contributed by atoms with van der Waals surface area (Å²) in [6, 6.07) is 13.3. The predicted molar refractivity (Wildman–Crippen MR) is 149 cm³/mol. The van der Waals surface area contributed by atoms with Crippen molar-refractivity contribution >= 4 is 21.5 Å². The summed E-state index contributed by atoms with van der Waals surface area (Å²) in [6.45, 7) is 15.0. The maximum atomic E-state index is 6.68. The standard InChI is InChI=1S/C32H46O2/c1-7-11-15-25(9-3)21-33-31-27-17-13-14-18-28(27)32(34-22-26(10-4)16-12-8-2)30-20-24(6)23(5)19-29(30)31/h13-14,17-20,25-26H,7-12,15-16,21-22H2,1-6H3. The molecule has 0 amide bonds. The van der Waals surface area contributed by atoms with E-state index in [1.165, 1.54) is 71.2 Å². The zero-order valence-corrected chi connectivity index (χ0v) is 22.5. The molecule has 0 aliphatic carbocycles. The molecule has 2 heteroatoms. The number of hydrogen-bond donors (Lipinski definition) is 0. The highest BCUT2D eigenvalue weighted by Crippen LogP contribution is 2.44. The first-order valence-electron chi connectivity index (χ1n) is 13.7. The molecule has 0 bridgehead atoms. The van der Waals surface area contributed by atoms with Gasteiger partial charge in [0, 0.05) is 21.5 Å². The number of aryl methyl sites for hydroxylation is 2. The quantitative estimate of drug-likeness (QED) is 0.222. The lowest BCUT2D eigenvalue weighted by Crippen LogP contribution is -2.13. The van der Waals surface area contributed by atoms with Crippen LogP contribution >= 0.6 is 0 Å². The van der Waals surface area contributed by atoms with E-state index in [0.717, 1.165) is 37.6 Å². The molecule has 0 spiro atoms. The molecular formula is C32H46O2. The first kappa shape index (κ1) is 26.4. The number of fused-ring (bicyclic) bond motifs is 2. The first-order valence-corrected chi connectivity index (χ1v) is 13.7. The monoisotopic (exact) mass is 462 g/mol. The Hall–Kier alpha value is -2.22. The molecule has 0 N–H and O–H groups in total. The van der Waals surface area contributed by atoms with Crippen molar-refractivity contribution in [2.24, 2.45) is 11.8 Å². The summed E-state index contributed by atoms with van der Waals surface area (Å²) in [7, 11) is 0. The normalized spacial score (nSPS) is 13.4. The fourth-order valence-electron chi connectivity index (χ4n) is 4.87. The third kappa shape index (κ3) is 6.26. The Bertz CT molecular complexity index is 968. The highest BCUT2D eigenvalue weighted by atomic mass is 16.5. The van der Waals surface area contributed by atoms with Crippen LogP contribution in [0.15, 0.2) is 36.4 Å². The minimum Gasteiger partial charge on any atom is -0.492 e. The lowest BCUT2D eigenvalue weighted by Gasteiger charge is -2.22. The van der Waals surface area contributed by atoms with Crippen molar-refractivity contribution < 1.29 is 9.47 Å². The highest BCUT2D eigenvalue weighted by molar-refractivity contribution is 6.11. The molecule has 186 valence electrons. The lowest BCUT2D eigenvalue weighted by molar-refractivity contribution is 0.234. The molecule has 3 aromatic rings. The van der Waals surface area contributed by atoms with Gasteiger partial charge in [-0.3, -0.25) is 0 Å². The smallest absolute Gasteiger partial charge is 0.135 e. The second-order valence-electron chi connectivity index (χ2n) is 10.1. The third-order valence-electron chi connectivity index (χ3n) is 7.55. The van der Waals surface area contributed by atoms with Gasteiger partial charge >= 0.3 is 0 Å². The van der Waals surface area contributed by atoms with E-state index in [4.69, 9.17) is 9.47 Å². The van der Waals surface area contributed by atoms with Crippen LogP contribution in [0.1, 0.15) is 90.2 Å². The van der Waals surface area contributed by atoms with Crippen LogP contribution in [0.2, 0.25) is 0 Å². The van der Waals surface area contributed by atoms with Crippen LogP contribution in [0.4, 0.5) is 0 Å². The molecule has 0 saturated heterocycles. The molecule has 2 unspecified atom stereocenters. The van der Waals surface area contributed by atoms with E-state index >= 15 is 0 Å². The molecule has 0 fully saturated rings. The Labute approximate surface area is 208 Å². The lowest BCUT2D eigenvalue weighted by atomic mass is 9.96. The van der Waals surface area contributed by atoms with Gasteiger partial charge in [0.15, 0.2) is 0 Å². The molecule has 2 nitrogen and oxygen atoms in total. The molecule has 34 heavy (non-hydrogen) atoms. The molecule has 0 aliphatic heterocycles.